The molecule has 2 aromatic rings. The summed E-state index contributed by atoms with van der Waals surface area (Å²) in [5, 5.41) is 0.875. The highest BCUT2D eigenvalue weighted by Crippen LogP contribution is 2.44. The summed E-state index contributed by atoms with van der Waals surface area (Å²) in [4.78, 5) is 4.80. The van der Waals surface area contributed by atoms with Gasteiger partial charge in [0.25, 0.3) is 0 Å². The van der Waals surface area contributed by atoms with Crippen LogP contribution in [0.3, 0.4) is 0 Å². The zero-order chi connectivity index (χ0) is 19.0. The Balaban J connectivity index is 2.40. The van der Waals surface area contributed by atoms with Gasteiger partial charge in [-0.25, -0.2) is 4.99 Å². The summed E-state index contributed by atoms with van der Waals surface area (Å²) in [7, 11) is 1.31. The summed E-state index contributed by atoms with van der Waals surface area (Å²) in [5.41, 5.74) is 3.42. The van der Waals surface area contributed by atoms with Crippen LogP contribution in [0.2, 0.25) is 0 Å². The summed E-state index contributed by atoms with van der Waals surface area (Å²) in [6.45, 7) is 0. The zero-order valence-corrected chi connectivity index (χ0v) is 14.8. The SMILES string of the molecule is CN(C(N)=Nc1c(C(F)(F)F)csc1Br)c1cccc(C(F)(F)F)c1. The molecule has 0 amide bonds. The molecule has 25 heavy (non-hydrogen) atoms. The predicted molar refractivity (Wildman–Crippen MR) is 88.2 cm³/mol. The Morgan fingerprint density at radius 3 is 2.36 bits per heavy atom. The Hall–Kier alpha value is -1.75. The summed E-state index contributed by atoms with van der Waals surface area (Å²) in [6, 6.07) is 4.21. The van der Waals surface area contributed by atoms with Crippen LogP contribution >= 0.6 is 27.3 Å². The summed E-state index contributed by atoms with van der Waals surface area (Å²) < 4.78 is 77.3. The van der Waals surface area contributed by atoms with Gasteiger partial charge < -0.3 is 10.6 Å². The molecule has 0 saturated carbocycles. The van der Waals surface area contributed by atoms with Gasteiger partial charge >= 0.3 is 12.4 Å². The molecule has 2 rings (SSSR count). The smallest absolute Gasteiger partial charge is 0.369 e. The Morgan fingerprint density at radius 2 is 1.80 bits per heavy atom. The molecular formula is C14H10BrF6N3S. The first kappa shape index (κ1) is 19.6. The van der Waals surface area contributed by atoms with Crippen molar-refractivity contribution >= 4 is 44.6 Å². The molecule has 0 bridgehead atoms. The Kier molecular flexibility index (Phi) is 5.38. The second-order valence-corrected chi connectivity index (χ2v) is 7.04. The van der Waals surface area contributed by atoms with Gasteiger partial charge in [-0.2, -0.15) is 26.3 Å². The molecule has 0 fully saturated rings. The van der Waals surface area contributed by atoms with Gasteiger partial charge in [0.1, 0.15) is 5.69 Å². The molecule has 0 unspecified atom stereocenters. The molecule has 0 atom stereocenters. The van der Waals surface area contributed by atoms with Crippen molar-refractivity contribution in [1.29, 1.82) is 0 Å². The fraction of sp³-hybridized carbons (Fsp3) is 0.214. The van der Waals surface area contributed by atoms with E-state index in [0.717, 1.165) is 33.7 Å². The quantitative estimate of drug-likeness (QED) is 0.369. The molecule has 1 heterocycles. The number of halogens is 7. The topological polar surface area (TPSA) is 41.6 Å². The van der Waals surface area contributed by atoms with Crippen LogP contribution in [0.1, 0.15) is 11.1 Å². The lowest BCUT2D eigenvalue weighted by Gasteiger charge is -2.19. The van der Waals surface area contributed by atoms with Crippen LogP contribution in [-0.2, 0) is 12.4 Å². The van der Waals surface area contributed by atoms with Crippen molar-refractivity contribution in [1.82, 2.24) is 0 Å². The summed E-state index contributed by atoms with van der Waals surface area (Å²) in [5.74, 6) is -0.385. The predicted octanol–water partition coefficient (Wildman–Crippen LogP) is 5.63. The molecule has 2 N–H and O–H groups in total. The maximum Gasteiger partial charge on any atom is 0.419 e. The molecular weight excluding hydrogens is 436 g/mol. The monoisotopic (exact) mass is 445 g/mol. The van der Waals surface area contributed by atoms with Crippen molar-refractivity contribution in [2.24, 2.45) is 10.7 Å². The molecule has 3 nitrogen and oxygen atoms in total. The molecule has 0 radical (unpaired) electrons. The van der Waals surface area contributed by atoms with Crippen LogP contribution in [0.15, 0.2) is 38.4 Å². The number of hydrogen-bond acceptors (Lipinski definition) is 2. The van der Waals surface area contributed by atoms with E-state index in [1.165, 1.54) is 19.2 Å². The number of anilines is 1. The van der Waals surface area contributed by atoms with Crippen LogP contribution in [0.25, 0.3) is 0 Å². The van der Waals surface area contributed by atoms with E-state index in [2.05, 4.69) is 20.9 Å². The van der Waals surface area contributed by atoms with Gasteiger partial charge in [0.15, 0.2) is 0 Å². The normalized spacial score (nSPS) is 13.2. The van der Waals surface area contributed by atoms with E-state index in [9.17, 15) is 26.3 Å². The third-order valence-corrected chi connectivity index (χ3v) is 4.85. The van der Waals surface area contributed by atoms with Gasteiger partial charge in [-0.15, -0.1) is 11.3 Å². The second-order valence-electron chi connectivity index (χ2n) is 4.85. The fourth-order valence-electron chi connectivity index (χ4n) is 1.85. The van der Waals surface area contributed by atoms with E-state index in [1.54, 1.807) is 0 Å². The average molecular weight is 446 g/mol. The lowest BCUT2D eigenvalue weighted by Crippen LogP contribution is -2.33. The van der Waals surface area contributed by atoms with Crippen molar-refractivity contribution in [3.8, 4) is 0 Å². The number of alkyl halides is 6. The number of rotatable bonds is 2. The molecule has 11 heteroatoms. The first-order valence-corrected chi connectivity index (χ1v) is 8.18. The number of guanidine groups is 1. The van der Waals surface area contributed by atoms with E-state index in [0.29, 0.717) is 0 Å². The minimum absolute atomic E-state index is 0.0379. The van der Waals surface area contributed by atoms with Crippen molar-refractivity contribution in [2.45, 2.75) is 12.4 Å². The molecule has 0 aliphatic rings. The molecule has 1 aromatic heterocycles. The van der Waals surface area contributed by atoms with Crippen LogP contribution in [-0.4, -0.2) is 13.0 Å². The van der Waals surface area contributed by atoms with E-state index >= 15 is 0 Å². The van der Waals surface area contributed by atoms with Gasteiger partial charge in [0.05, 0.1) is 14.9 Å². The maximum absolute atomic E-state index is 13.0. The van der Waals surface area contributed by atoms with Gasteiger partial charge in [-0.3, -0.25) is 0 Å². The Morgan fingerprint density at radius 1 is 1.16 bits per heavy atom. The number of thiophene rings is 1. The van der Waals surface area contributed by atoms with E-state index in [4.69, 9.17) is 5.73 Å². The van der Waals surface area contributed by atoms with Crippen LogP contribution in [0.4, 0.5) is 37.7 Å². The highest BCUT2D eigenvalue weighted by atomic mass is 79.9. The average Bonchev–Trinajstić information content (AvgIpc) is 2.87. The fourth-order valence-corrected chi connectivity index (χ4v) is 3.16. The third kappa shape index (κ3) is 4.46. The van der Waals surface area contributed by atoms with Crippen molar-refractivity contribution in [3.05, 3.63) is 44.6 Å². The van der Waals surface area contributed by atoms with E-state index in [1.807, 2.05) is 0 Å². The third-order valence-electron chi connectivity index (χ3n) is 3.16. The minimum atomic E-state index is -4.63. The number of nitrogens with zero attached hydrogens (tertiary/aromatic N) is 2. The first-order chi connectivity index (χ1) is 11.4. The number of benzene rings is 1. The number of nitrogens with two attached hydrogens (primary N) is 1. The maximum atomic E-state index is 13.0. The Bertz CT molecular complexity index is 797. The number of aliphatic imine (C=N–C) groups is 1. The summed E-state index contributed by atoms with van der Waals surface area (Å²) >= 11 is 3.75. The lowest BCUT2D eigenvalue weighted by atomic mass is 10.2. The van der Waals surface area contributed by atoms with E-state index in [-0.39, 0.29) is 15.4 Å². The van der Waals surface area contributed by atoms with Crippen molar-refractivity contribution in [2.75, 3.05) is 11.9 Å². The van der Waals surface area contributed by atoms with Gasteiger partial charge in [0, 0.05) is 18.1 Å². The number of hydrogen-bond donors (Lipinski definition) is 1. The van der Waals surface area contributed by atoms with Crippen LogP contribution < -0.4 is 10.6 Å². The van der Waals surface area contributed by atoms with Crippen LogP contribution in [0, 0.1) is 0 Å². The summed E-state index contributed by atoms with van der Waals surface area (Å²) in [6.07, 6.45) is -9.18. The van der Waals surface area contributed by atoms with Crippen molar-refractivity contribution in [3.63, 3.8) is 0 Å². The van der Waals surface area contributed by atoms with Crippen molar-refractivity contribution < 1.29 is 26.3 Å². The van der Waals surface area contributed by atoms with Gasteiger partial charge in [-0.1, -0.05) is 6.07 Å². The molecule has 0 spiro atoms. The highest BCUT2D eigenvalue weighted by molar-refractivity contribution is 9.11. The zero-order valence-electron chi connectivity index (χ0n) is 12.4. The minimum Gasteiger partial charge on any atom is -0.369 e. The Labute approximate surface area is 150 Å². The van der Waals surface area contributed by atoms with E-state index < -0.39 is 29.2 Å². The first-order valence-electron chi connectivity index (χ1n) is 6.50. The largest absolute Gasteiger partial charge is 0.419 e. The molecule has 136 valence electrons. The second kappa shape index (κ2) is 6.87. The molecule has 1 aromatic carbocycles. The molecule has 0 aliphatic carbocycles. The standard InChI is InChI=1S/C14H10BrF6N3S/c1-24(8-4-2-3-7(5-8)13(16,17)18)12(22)23-10-9(14(19,20)21)6-25-11(10)15/h2-6H,1H3,(H2,22,23). The van der Waals surface area contributed by atoms with Gasteiger partial charge in [-0.05, 0) is 34.1 Å². The molecule has 0 aliphatic heterocycles. The van der Waals surface area contributed by atoms with Gasteiger partial charge in [0.2, 0.25) is 5.96 Å². The molecule has 0 saturated heterocycles. The lowest BCUT2D eigenvalue weighted by molar-refractivity contribution is -0.138. The highest BCUT2D eigenvalue weighted by Gasteiger charge is 2.36. The van der Waals surface area contributed by atoms with Crippen LogP contribution in [0.5, 0.6) is 0 Å².